The molecule has 0 unspecified atom stereocenters. The van der Waals surface area contributed by atoms with Gasteiger partial charge in [-0.15, -0.1) is 0 Å². The van der Waals surface area contributed by atoms with Crippen LogP contribution < -0.4 is 4.90 Å². The van der Waals surface area contributed by atoms with Crippen LogP contribution in [-0.2, 0) is 4.79 Å². The Hall–Kier alpha value is -3.02. The highest BCUT2D eigenvalue weighted by Crippen LogP contribution is 2.29. The van der Waals surface area contributed by atoms with Crippen LogP contribution >= 0.6 is 0 Å². The number of rotatable bonds is 2. The molecule has 0 aromatic heterocycles. The summed E-state index contributed by atoms with van der Waals surface area (Å²) in [6.07, 6.45) is 0. The first kappa shape index (κ1) is 13.9. The van der Waals surface area contributed by atoms with Gasteiger partial charge >= 0.3 is 0 Å². The molecule has 0 saturated carbocycles. The number of non-ortho nitro benzene ring substituents is 1. The van der Waals surface area contributed by atoms with Gasteiger partial charge in [-0.3, -0.25) is 19.9 Å². The molecule has 0 N–H and O–H groups in total. The first-order valence-corrected chi connectivity index (χ1v) is 6.73. The third-order valence-electron chi connectivity index (χ3n) is 3.60. The molecule has 3 rings (SSSR count). The molecular formula is C16H13N3O3. The van der Waals surface area contributed by atoms with Gasteiger partial charge in [0.2, 0.25) is 5.91 Å². The number of hydrogen-bond donors (Lipinski definition) is 0. The van der Waals surface area contributed by atoms with Gasteiger partial charge in [-0.2, -0.15) is 0 Å². The van der Waals surface area contributed by atoms with Gasteiger partial charge in [0.1, 0.15) is 6.54 Å². The van der Waals surface area contributed by atoms with Gasteiger partial charge in [-0.1, -0.05) is 30.3 Å². The topological polar surface area (TPSA) is 75.8 Å². The van der Waals surface area contributed by atoms with Crippen LogP contribution in [0.4, 0.5) is 11.4 Å². The van der Waals surface area contributed by atoms with Crippen LogP contribution in [0.3, 0.4) is 0 Å². The van der Waals surface area contributed by atoms with E-state index in [1.807, 2.05) is 30.3 Å². The summed E-state index contributed by atoms with van der Waals surface area (Å²) in [5.41, 5.74) is 2.61. The van der Waals surface area contributed by atoms with Crippen LogP contribution in [0.1, 0.15) is 11.1 Å². The maximum absolute atomic E-state index is 12.1. The highest BCUT2D eigenvalue weighted by molar-refractivity contribution is 6.19. The Balaban J connectivity index is 2.24. The van der Waals surface area contributed by atoms with Crippen molar-refractivity contribution in [2.45, 2.75) is 0 Å². The number of carbonyl (C=O) groups excluding carboxylic acids is 1. The Kier molecular flexibility index (Phi) is 3.42. The number of amides is 1. The first-order chi connectivity index (χ1) is 10.6. The van der Waals surface area contributed by atoms with Crippen molar-refractivity contribution >= 4 is 23.0 Å². The lowest BCUT2D eigenvalue weighted by Gasteiger charge is -2.17. The SMILES string of the molecule is CN1C(=O)CN=C(c2ccccc2)c2cc([N+](=O)[O-])ccc21. The first-order valence-electron chi connectivity index (χ1n) is 6.73. The van der Waals surface area contributed by atoms with Gasteiger partial charge in [0.05, 0.1) is 16.3 Å². The lowest BCUT2D eigenvalue weighted by Crippen LogP contribution is -2.27. The number of anilines is 1. The highest BCUT2D eigenvalue weighted by atomic mass is 16.6. The van der Waals surface area contributed by atoms with Gasteiger partial charge in [0.25, 0.3) is 5.69 Å². The smallest absolute Gasteiger partial charge is 0.270 e. The van der Waals surface area contributed by atoms with E-state index in [9.17, 15) is 14.9 Å². The standard InChI is InChI=1S/C16H13N3O3/c1-18-14-8-7-12(19(21)22)9-13(14)16(17-10-15(18)20)11-5-3-2-4-6-11/h2-9H,10H2,1H3. The van der Waals surface area contributed by atoms with Gasteiger partial charge in [-0.05, 0) is 6.07 Å². The maximum atomic E-state index is 12.1. The normalized spacial score (nSPS) is 14.1. The Bertz CT molecular complexity index is 784. The molecule has 0 aliphatic carbocycles. The summed E-state index contributed by atoms with van der Waals surface area (Å²) in [4.78, 5) is 28.5. The second-order valence-electron chi connectivity index (χ2n) is 4.94. The molecule has 1 heterocycles. The number of aliphatic imine (C=N–C) groups is 1. The molecule has 110 valence electrons. The Morgan fingerprint density at radius 3 is 2.59 bits per heavy atom. The van der Waals surface area contributed by atoms with Crippen LogP contribution in [0.2, 0.25) is 0 Å². The Morgan fingerprint density at radius 2 is 1.91 bits per heavy atom. The van der Waals surface area contributed by atoms with Crippen LogP contribution in [-0.4, -0.2) is 30.1 Å². The highest BCUT2D eigenvalue weighted by Gasteiger charge is 2.24. The lowest BCUT2D eigenvalue weighted by molar-refractivity contribution is -0.384. The molecule has 0 fully saturated rings. The molecule has 22 heavy (non-hydrogen) atoms. The van der Waals surface area contributed by atoms with Crippen molar-refractivity contribution in [2.75, 3.05) is 18.5 Å². The number of carbonyl (C=O) groups is 1. The van der Waals surface area contributed by atoms with E-state index in [4.69, 9.17) is 0 Å². The number of nitrogens with zero attached hydrogens (tertiary/aromatic N) is 3. The minimum Gasteiger partial charge on any atom is -0.313 e. The van der Waals surface area contributed by atoms with Gasteiger partial charge < -0.3 is 4.90 Å². The Morgan fingerprint density at radius 1 is 1.18 bits per heavy atom. The van der Waals surface area contributed by atoms with Crippen molar-refractivity contribution < 1.29 is 9.72 Å². The van der Waals surface area contributed by atoms with Crippen LogP contribution in [0.15, 0.2) is 53.5 Å². The van der Waals surface area contributed by atoms with E-state index < -0.39 is 4.92 Å². The third-order valence-corrected chi connectivity index (χ3v) is 3.60. The molecule has 1 aliphatic rings. The van der Waals surface area contributed by atoms with Crippen molar-refractivity contribution in [3.8, 4) is 0 Å². The van der Waals surface area contributed by atoms with Crippen molar-refractivity contribution in [2.24, 2.45) is 4.99 Å². The fraction of sp³-hybridized carbons (Fsp3) is 0.125. The molecular weight excluding hydrogens is 282 g/mol. The predicted octanol–water partition coefficient (Wildman–Crippen LogP) is 2.41. The maximum Gasteiger partial charge on any atom is 0.270 e. The molecule has 0 spiro atoms. The molecule has 0 radical (unpaired) electrons. The van der Waals surface area contributed by atoms with E-state index >= 15 is 0 Å². The number of benzene rings is 2. The minimum atomic E-state index is -0.449. The van der Waals surface area contributed by atoms with Crippen molar-refractivity contribution in [1.29, 1.82) is 0 Å². The van der Waals surface area contributed by atoms with E-state index in [2.05, 4.69) is 4.99 Å². The monoisotopic (exact) mass is 295 g/mol. The van der Waals surface area contributed by atoms with Crippen LogP contribution in [0.25, 0.3) is 0 Å². The second kappa shape index (κ2) is 5.40. The molecule has 6 heteroatoms. The van der Waals surface area contributed by atoms with Crippen LogP contribution in [0, 0.1) is 10.1 Å². The zero-order chi connectivity index (χ0) is 15.7. The van der Waals surface area contributed by atoms with Gasteiger partial charge in [0.15, 0.2) is 0 Å². The van der Waals surface area contributed by atoms with E-state index in [1.165, 1.54) is 17.0 Å². The quantitative estimate of drug-likeness (QED) is 0.630. The van der Waals surface area contributed by atoms with Gasteiger partial charge in [0, 0.05) is 30.3 Å². The number of hydrogen-bond acceptors (Lipinski definition) is 4. The molecule has 1 amide bonds. The number of likely N-dealkylation sites (N-methyl/N-ethyl adjacent to an activating group) is 1. The summed E-state index contributed by atoms with van der Waals surface area (Å²) in [7, 11) is 1.65. The third kappa shape index (κ3) is 2.35. The minimum absolute atomic E-state index is 0.0171. The largest absolute Gasteiger partial charge is 0.313 e. The summed E-state index contributed by atoms with van der Waals surface area (Å²) in [5.74, 6) is -0.152. The molecule has 2 aromatic rings. The summed E-state index contributed by atoms with van der Waals surface area (Å²) in [6.45, 7) is 0.0171. The number of nitro groups is 1. The Labute approximate surface area is 126 Å². The summed E-state index contributed by atoms with van der Waals surface area (Å²) in [6, 6.07) is 13.8. The summed E-state index contributed by atoms with van der Waals surface area (Å²) in [5, 5.41) is 11.0. The number of nitro benzene ring substituents is 1. The second-order valence-corrected chi connectivity index (χ2v) is 4.94. The summed E-state index contributed by atoms with van der Waals surface area (Å²) < 4.78 is 0. The predicted molar refractivity (Wildman–Crippen MR) is 83.5 cm³/mol. The zero-order valence-corrected chi connectivity index (χ0v) is 11.9. The lowest BCUT2D eigenvalue weighted by atomic mass is 9.99. The number of benzodiazepines with no additional fused rings is 1. The molecule has 0 atom stereocenters. The van der Waals surface area contributed by atoms with Crippen LogP contribution in [0.5, 0.6) is 0 Å². The van der Waals surface area contributed by atoms with Crippen molar-refractivity contribution in [3.05, 3.63) is 69.8 Å². The average molecular weight is 295 g/mol. The molecule has 1 aliphatic heterocycles. The number of fused-ring (bicyclic) bond motifs is 1. The van der Waals surface area contributed by atoms with Crippen molar-refractivity contribution in [1.82, 2.24) is 0 Å². The summed E-state index contributed by atoms with van der Waals surface area (Å²) >= 11 is 0. The molecule has 2 aromatic carbocycles. The zero-order valence-electron chi connectivity index (χ0n) is 11.9. The van der Waals surface area contributed by atoms with E-state index in [0.29, 0.717) is 17.0 Å². The van der Waals surface area contributed by atoms with Gasteiger partial charge in [-0.25, -0.2) is 0 Å². The van der Waals surface area contributed by atoms with Crippen molar-refractivity contribution in [3.63, 3.8) is 0 Å². The fourth-order valence-corrected chi connectivity index (χ4v) is 2.43. The average Bonchev–Trinajstić information content (AvgIpc) is 2.66. The molecule has 0 saturated heterocycles. The van der Waals surface area contributed by atoms with E-state index in [1.54, 1.807) is 13.1 Å². The molecule has 6 nitrogen and oxygen atoms in total. The molecule has 0 bridgehead atoms. The van der Waals surface area contributed by atoms with E-state index in [0.717, 1.165) is 5.56 Å². The van der Waals surface area contributed by atoms with E-state index in [-0.39, 0.29) is 18.1 Å². The fourth-order valence-electron chi connectivity index (χ4n) is 2.43.